The summed E-state index contributed by atoms with van der Waals surface area (Å²) in [5.41, 5.74) is 4.24. The quantitative estimate of drug-likeness (QED) is 0.758. The predicted molar refractivity (Wildman–Crippen MR) is 77.1 cm³/mol. The van der Waals surface area contributed by atoms with E-state index in [1.807, 2.05) is 26.1 Å². The summed E-state index contributed by atoms with van der Waals surface area (Å²) in [6.45, 7) is 2.00. The topological polar surface area (TPSA) is 37.8 Å². The van der Waals surface area contributed by atoms with E-state index >= 15 is 0 Å². The van der Waals surface area contributed by atoms with Crippen LogP contribution < -0.4 is 5.32 Å². The molecule has 3 rings (SSSR count). The molecule has 0 spiro atoms. The molecular weight excluding hydrogens is 242 g/mol. The van der Waals surface area contributed by atoms with Gasteiger partial charge in [0, 0.05) is 24.0 Å². The van der Waals surface area contributed by atoms with Gasteiger partial charge in [-0.15, -0.1) is 0 Å². The Bertz CT molecular complexity index is 686. The second-order valence-corrected chi connectivity index (χ2v) is 5.10. The maximum atomic E-state index is 4.62. The molecule has 3 aromatic rings. The molecule has 18 heavy (non-hydrogen) atoms. The first-order chi connectivity index (χ1) is 8.76. The number of hydrogen-bond donors (Lipinski definition) is 1. The zero-order valence-electron chi connectivity index (χ0n) is 10.3. The van der Waals surface area contributed by atoms with E-state index in [9.17, 15) is 0 Å². The monoisotopic (exact) mass is 255 g/mol. The van der Waals surface area contributed by atoms with Crippen molar-refractivity contribution < 1.29 is 0 Å². The molecule has 0 saturated heterocycles. The lowest BCUT2D eigenvalue weighted by Crippen LogP contribution is -1.86. The highest BCUT2D eigenvalue weighted by Crippen LogP contribution is 2.29. The van der Waals surface area contributed by atoms with Gasteiger partial charge in [-0.2, -0.15) is 0 Å². The van der Waals surface area contributed by atoms with Gasteiger partial charge in [-0.05, 0) is 43.3 Å². The number of thiazole rings is 1. The van der Waals surface area contributed by atoms with Crippen molar-refractivity contribution in [2.45, 2.75) is 6.92 Å². The minimum absolute atomic E-state index is 0.971. The van der Waals surface area contributed by atoms with Gasteiger partial charge in [0.1, 0.15) is 15.4 Å². The van der Waals surface area contributed by atoms with Crippen molar-refractivity contribution >= 4 is 27.4 Å². The van der Waals surface area contributed by atoms with Gasteiger partial charge in [0.25, 0.3) is 0 Å². The summed E-state index contributed by atoms with van der Waals surface area (Å²) in [7, 11) is 1.92. The lowest BCUT2D eigenvalue weighted by Gasteiger charge is -2.00. The van der Waals surface area contributed by atoms with Crippen LogP contribution in [-0.2, 0) is 0 Å². The fourth-order valence-electron chi connectivity index (χ4n) is 1.81. The fourth-order valence-corrected chi connectivity index (χ4v) is 2.80. The van der Waals surface area contributed by atoms with Crippen LogP contribution in [0.4, 0.5) is 5.69 Å². The Labute approximate surface area is 110 Å². The molecule has 0 fully saturated rings. The molecule has 0 atom stereocenters. The van der Waals surface area contributed by atoms with E-state index in [4.69, 9.17) is 0 Å². The zero-order valence-corrected chi connectivity index (χ0v) is 11.1. The fraction of sp³-hybridized carbons (Fsp3) is 0.143. The highest BCUT2D eigenvalue weighted by molar-refractivity contribution is 7.21. The van der Waals surface area contributed by atoms with E-state index < -0.39 is 0 Å². The summed E-state index contributed by atoms with van der Waals surface area (Å²) in [5.74, 6) is 0. The second kappa shape index (κ2) is 4.38. The number of benzene rings is 1. The molecule has 0 saturated carbocycles. The van der Waals surface area contributed by atoms with Crippen molar-refractivity contribution in [3.05, 3.63) is 42.1 Å². The first-order valence-corrected chi connectivity index (χ1v) is 6.60. The molecule has 2 heterocycles. The smallest absolute Gasteiger partial charge is 0.144 e. The van der Waals surface area contributed by atoms with Crippen LogP contribution in [0.2, 0.25) is 0 Å². The Morgan fingerprint density at radius 3 is 2.50 bits per heavy atom. The predicted octanol–water partition coefficient (Wildman–Crippen LogP) is 3.71. The molecule has 0 aliphatic heterocycles. The van der Waals surface area contributed by atoms with Crippen LogP contribution >= 0.6 is 11.3 Å². The van der Waals surface area contributed by atoms with Crippen LogP contribution in [0.1, 0.15) is 5.69 Å². The maximum Gasteiger partial charge on any atom is 0.144 e. The van der Waals surface area contributed by atoms with Gasteiger partial charge >= 0.3 is 0 Å². The third-order valence-electron chi connectivity index (χ3n) is 2.82. The second-order valence-electron chi connectivity index (χ2n) is 4.12. The van der Waals surface area contributed by atoms with E-state index in [2.05, 4.69) is 39.6 Å². The number of nitrogens with one attached hydrogen (secondary N) is 1. The van der Waals surface area contributed by atoms with Crippen molar-refractivity contribution in [1.29, 1.82) is 0 Å². The third kappa shape index (κ3) is 1.95. The molecule has 3 nitrogen and oxygen atoms in total. The summed E-state index contributed by atoms with van der Waals surface area (Å²) in [4.78, 5) is 10.1. The van der Waals surface area contributed by atoms with Gasteiger partial charge in [-0.25, -0.2) is 9.97 Å². The van der Waals surface area contributed by atoms with Crippen LogP contribution in [0.5, 0.6) is 0 Å². The molecule has 0 aliphatic carbocycles. The maximum absolute atomic E-state index is 4.62. The number of rotatable bonds is 2. The van der Waals surface area contributed by atoms with Gasteiger partial charge in [0.15, 0.2) is 0 Å². The molecule has 1 N–H and O–H groups in total. The van der Waals surface area contributed by atoms with E-state index in [1.54, 1.807) is 11.3 Å². The number of aromatic nitrogens is 2. The van der Waals surface area contributed by atoms with Gasteiger partial charge in [-0.3, -0.25) is 0 Å². The standard InChI is InChI=1S/C14H13N3S/c1-9-3-8-12-14(16-9)18-13(17-12)10-4-6-11(15-2)7-5-10/h3-8,15H,1-2H3. The van der Waals surface area contributed by atoms with Gasteiger partial charge in [-0.1, -0.05) is 11.3 Å². The van der Waals surface area contributed by atoms with Gasteiger partial charge in [0.2, 0.25) is 0 Å². The summed E-state index contributed by atoms with van der Waals surface area (Å²) >= 11 is 1.64. The molecule has 90 valence electrons. The number of fused-ring (bicyclic) bond motifs is 1. The zero-order chi connectivity index (χ0) is 12.5. The minimum atomic E-state index is 0.971. The van der Waals surface area contributed by atoms with Crippen LogP contribution in [0.25, 0.3) is 20.9 Å². The number of anilines is 1. The van der Waals surface area contributed by atoms with Gasteiger partial charge in [0.05, 0.1) is 0 Å². The van der Waals surface area contributed by atoms with Crippen LogP contribution in [-0.4, -0.2) is 17.0 Å². The van der Waals surface area contributed by atoms with Crippen molar-refractivity contribution in [2.75, 3.05) is 12.4 Å². The largest absolute Gasteiger partial charge is 0.388 e. The van der Waals surface area contributed by atoms with Crippen molar-refractivity contribution in [1.82, 2.24) is 9.97 Å². The molecular formula is C14H13N3S. The average Bonchev–Trinajstić information content (AvgIpc) is 2.81. The summed E-state index contributed by atoms with van der Waals surface area (Å²) in [6.07, 6.45) is 0. The Hall–Kier alpha value is -1.94. The SMILES string of the molecule is CNc1ccc(-c2nc3ccc(C)nc3s2)cc1. The summed E-state index contributed by atoms with van der Waals surface area (Å²) < 4.78 is 0. The van der Waals surface area contributed by atoms with Crippen LogP contribution in [0.15, 0.2) is 36.4 Å². The molecule has 2 aromatic heterocycles. The molecule has 0 aliphatic rings. The number of nitrogens with zero attached hydrogens (tertiary/aromatic N) is 2. The Kier molecular flexibility index (Phi) is 2.72. The Morgan fingerprint density at radius 2 is 1.78 bits per heavy atom. The number of aryl methyl sites for hydroxylation is 1. The van der Waals surface area contributed by atoms with E-state index in [-0.39, 0.29) is 0 Å². The molecule has 0 bridgehead atoms. The Balaban J connectivity index is 2.07. The summed E-state index contributed by atoms with van der Waals surface area (Å²) in [5, 5.41) is 4.13. The number of hydrogen-bond acceptors (Lipinski definition) is 4. The van der Waals surface area contributed by atoms with Crippen molar-refractivity contribution in [3.8, 4) is 10.6 Å². The Morgan fingerprint density at radius 1 is 1.00 bits per heavy atom. The lowest BCUT2D eigenvalue weighted by molar-refractivity contribution is 1.26. The number of pyridine rings is 1. The van der Waals surface area contributed by atoms with Crippen LogP contribution in [0, 0.1) is 6.92 Å². The normalized spacial score (nSPS) is 10.8. The average molecular weight is 255 g/mol. The molecule has 0 radical (unpaired) electrons. The highest BCUT2D eigenvalue weighted by atomic mass is 32.1. The lowest BCUT2D eigenvalue weighted by atomic mass is 10.2. The first-order valence-electron chi connectivity index (χ1n) is 5.78. The summed E-state index contributed by atoms with van der Waals surface area (Å²) in [6, 6.07) is 12.3. The van der Waals surface area contributed by atoms with E-state index in [1.165, 1.54) is 0 Å². The minimum Gasteiger partial charge on any atom is -0.388 e. The van der Waals surface area contributed by atoms with Crippen molar-refractivity contribution in [2.24, 2.45) is 0 Å². The molecule has 1 aromatic carbocycles. The molecule has 4 heteroatoms. The molecule has 0 amide bonds. The van der Waals surface area contributed by atoms with E-state index in [0.717, 1.165) is 32.3 Å². The third-order valence-corrected chi connectivity index (χ3v) is 3.83. The highest BCUT2D eigenvalue weighted by Gasteiger charge is 2.07. The van der Waals surface area contributed by atoms with Crippen molar-refractivity contribution in [3.63, 3.8) is 0 Å². The van der Waals surface area contributed by atoms with E-state index in [0.29, 0.717) is 0 Å². The van der Waals surface area contributed by atoms with Crippen LogP contribution in [0.3, 0.4) is 0 Å². The first kappa shape index (κ1) is 11.2. The molecule has 0 unspecified atom stereocenters. The van der Waals surface area contributed by atoms with Gasteiger partial charge < -0.3 is 5.32 Å².